The molecule has 0 bridgehead atoms. The van der Waals surface area contributed by atoms with Gasteiger partial charge in [-0.3, -0.25) is 9.59 Å². The summed E-state index contributed by atoms with van der Waals surface area (Å²) in [5.74, 6) is 0.262. The van der Waals surface area contributed by atoms with E-state index in [9.17, 15) is 9.59 Å². The molecule has 26 heavy (non-hydrogen) atoms. The maximum Gasteiger partial charge on any atom is 0.238 e. The summed E-state index contributed by atoms with van der Waals surface area (Å²) in [6.45, 7) is 1.99. The first-order valence-electron chi connectivity index (χ1n) is 8.10. The van der Waals surface area contributed by atoms with Crippen LogP contribution in [0, 0.1) is 6.92 Å². The molecule has 2 aromatic rings. The van der Waals surface area contributed by atoms with Crippen molar-refractivity contribution in [2.75, 3.05) is 12.4 Å². The number of aliphatic imine (C=N–C) groups is 1. The Hall–Kier alpha value is -2.80. The summed E-state index contributed by atoms with van der Waals surface area (Å²) in [4.78, 5) is 28.9. The lowest BCUT2D eigenvalue weighted by molar-refractivity contribution is -0.123. The van der Waals surface area contributed by atoms with Crippen LogP contribution in [0.1, 0.15) is 12.0 Å². The van der Waals surface area contributed by atoms with E-state index in [0.717, 1.165) is 11.3 Å². The van der Waals surface area contributed by atoms with E-state index in [1.165, 1.54) is 11.8 Å². The van der Waals surface area contributed by atoms with Crippen molar-refractivity contribution in [3.8, 4) is 5.75 Å². The Morgan fingerprint density at radius 1 is 1.19 bits per heavy atom. The first kappa shape index (κ1) is 18.0. The zero-order chi connectivity index (χ0) is 18.5. The van der Waals surface area contributed by atoms with E-state index < -0.39 is 5.25 Å². The zero-order valence-corrected chi connectivity index (χ0v) is 15.3. The first-order chi connectivity index (χ1) is 12.5. The van der Waals surface area contributed by atoms with Gasteiger partial charge in [0.1, 0.15) is 11.0 Å². The van der Waals surface area contributed by atoms with Crippen LogP contribution in [0.15, 0.2) is 53.5 Å². The maximum atomic E-state index is 12.5. The number of rotatable bonds is 4. The molecule has 6 nitrogen and oxygen atoms in total. The Kier molecular flexibility index (Phi) is 5.58. The third kappa shape index (κ3) is 4.64. The van der Waals surface area contributed by atoms with Crippen LogP contribution in [0.4, 0.5) is 11.4 Å². The number of carbonyl (C=O) groups excluding carboxylic acids is 2. The Morgan fingerprint density at radius 3 is 2.54 bits per heavy atom. The highest BCUT2D eigenvalue weighted by molar-refractivity contribution is 8.15. The van der Waals surface area contributed by atoms with Crippen LogP contribution < -0.4 is 15.4 Å². The number of hydrogen-bond acceptors (Lipinski definition) is 5. The van der Waals surface area contributed by atoms with Gasteiger partial charge in [0.2, 0.25) is 11.8 Å². The number of methoxy groups -OCH3 is 1. The highest BCUT2D eigenvalue weighted by Gasteiger charge is 2.30. The summed E-state index contributed by atoms with van der Waals surface area (Å²) in [5.41, 5.74) is 2.51. The van der Waals surface area contributed by atoms with Crippen molar-refractivity contribution in [1.29, 1.82) is 0 Å². The molecule has 2 amide bonds. The fourth-order valence-corrected chi connectivity index (χ4v) is 3.38. The van der Waals surface area contributed by atoms with Crippen molar-refractivity contribution < 1.29 is 14.3 Å². The number of amides is 2. The lowest BCUT2D eigenvalue weighted by Gasteiger charge is -2.22. The molecule has 1 atom stereocenters. The number of ether oxygens (including phenoxy) is 1. The quantitative estimate of drug-likeness (QED) is 0.867. The molecule has 134 valence electrons. The normalized spacial score (nSPS) is 18.3. The highest BCUT2D eigenvalue weighted by atomic mass is 32.2. The van der Waals surface area contributed by atoms with Gasteiger partial charge in [-0.05, 0) is 43.3 Å². The lowest BCUT2D eigenvalue weighted by Crippen LogP contribution is -2.41. The lowest BCUT2D eigenvalue weighted by atomic mass is 10.2. The summed E-state index contributed by atoms with van der Waals surface area (Å²) in [6.07, 6.45) is 0.111. The Morgan fingerprint density at radius 2 is 1.88 bits per heavy atom. The smallest absolute Gasteiger partial charge is 0.238 e. The molecule has 1 aliphatic rings. The van der Waals surface area contributed by atoms with Crippen LogP contribution in [0.5, 0.6) is 5.75 Å². The molecule has 0 unspecified atom stereocenters. The van der Waals surface area contributed by atoms with Crippen molar-refractivity contribution in [1.82, 2.24) is 5.32 Å². The standard InChI is InChI=1S/C19H19N3O3S/c1-12-3-5-14(6-4-12)21-19-22-17(23)11-16(26-19)18(24)20-13-7-9-15(25-2)10-8-13/h3-10,16H,11H2,1-2H3,(H,20,24)(H,21,22,23)/t16-/m1/s1. The Balaban J connectivity index is 1.69. The minimum atomic E-state index is -0.532. The summed E-state index contributed by atoms with van der Waals surface area (Å²) in [7, 11) is 1.58. The number of amidine groups is 1. The molecule has 2 N–H and O–H groups in total. The molecular weight excluding hydrogens is 350 g/mol. The van der Waals surface area contributed by atoms with Gasteiger partial charge in [0.05, 0.1) is 12.8 Å². The van der Waals surface area contributed by atoms with E-state index >= 15 is 0 Å². The monoisotopic (exact) mass is 369 g/mol. The van der Waals surface area contributed by atoms with E-state index in [-0.39, 0.29) is 18.2 Å². The second kappa shape index (κ2) is 8.05. The van der Waals surface area contributed by atoms with E-state index in [0.29, 0.717) is 16.6 Å². The van der Waals surface area contributed by atoms with Gasteiger partial charge in [-0.25, -0.2) is 4.99 Å². The van der Waals surface area contributed by atoms with Crippen molar-refractivity contribution in [2.24, 2.45) is 4.99 Å². The van der Waals surface area contributed by atoms with E-state index in [1.54, 1.807) is 31.4 Å². The van der Waals surface area contributed by atoms with Crippen LogP contribution in [0.2, 0.25) is 0 Å². The third-order valence-electron chi connectivity index (χ3n) is 3.79. The molecule has 0 aromatic heterocycles. The van der Waals surface area contributed by atoms with E-state index in [2.05, 4.69) is 15.6 Å². The molecular formula is C19H19N3O3S. The topological polar surface area (TPSA) is 79.8 Å². The van der Waals surface area contributed by atoms with Gasteiger partial charge in [0, 0.05) is 12.1 Å². The summed E-state index contributed by atoms with van der Waals surface area (Å²) in [5, 5.41) is 5.44. The number of aryl methyl sites for hydroxylation is 1. The molecule has 0 radical (unpaired) electrons. The van der Waals surface area contributed by atoms with Crippen LogP contribution >= 0.6 is 11.8 Å². The number of nitrogens with one attached hydrogen (secondary N) is 2. The van der Waals surface area contributed by atoms with Gasteiger partial charge in [-0.15, -0.1) is 0 Å². The van der Waals surface area contributed by atoms with E-state index in [4.69, 9.17) is 4.74 Å². The van der Waals surface area contributed by atoms with Crippen molar-refractivity contribution in [3.05, 3.63) is 54.1 Å². The van der Waals surface area contributed by atoms with E-state index in [1.807, 2.05) is 31.2 Å². The van der Waals surface area contributed by atoms with Crippen molar-refractivity contribution in [2.45, 2.75) is 18.6 Å². The first-order valence-corrected chi connectivity index (χ1v) is 8.98. The molecule has 3 rings (SSSR count). The van der Waals surface area contributed by atoms with Crippen LogP contribution in [-0.4, -0.2) is 29.3 Å². The number of benzene rings is 2. The number of hydrogen-bond donors (Lipinski definition) is 2. The SMILES string of the molecule is COc1ccc(NC(=O)[C@H]2CC(=O)NC(=Nc3ccc(C)cc3)S2)cc1. The van der Waals surface area contributed by atoms with Gasteiger partial charge < -0.3 is 15.4 Å². The Bertz CT molecular complexity index is 832. The van der Waals surface area contributed by atoms with Crippen molar-refractivity contribution >= 4 is 40.1 Å². The van der Waals surface area contributed by atoms with Crippen molar-refractivity contribution in [3.63, 3.8) is 0 Å². The Labute approximate surface area is 156 Å². The maximum absolute atomic E-state index is 12.5. The number of thioether (sulfide) groups is 1. The fraction of sp³-hybridized carbons (Fsp3) is 0.211. The molecule has 0 saturated carbocycles. The average Bonchev–Trinajstić information content (AvgIpc) is 2.64. The minimum Gasteiger partial charge on any atom is -0.497 e. The predicted molar refractivity (Wildman–Crippen MR) is 104 cm³/mol. The van der Waals surface area contributed by atoms with Gasteiger partial charge in [-0.1, -0.05) is 29.5 Å². The summed E-state index contributed by atoms with van der Waals surface area (Å²) >= 11 is 1.25. The van der Waals surface area contributed by atoms with Gasteiger partial charge in [-0.2, -0.15) is 0 Å². The second-order valence-corrected chi connectivity index (χ2v) is 7.02. The zero-order valence-electron chi connectivity index (χ0n) is 14.5. The number of nitrogens with zero attached hydrogens (tertiary/aromatic N) is 1. The highest BCUT2D eigenvalue weighted by Crippen LogP contribution is 2.25. The molecule has 0 spiro atoms. The largest absolute Gasteiger partial charge is 0.497 e. The number of anilines is 1. The third-order valence-corrected chi connectivity index (χ3v) is 4.87. The minimum absolute atomic E-state index is 0.111. The molecule has 1 fully saturated rings. The second-order valence-electron chi connectivity index (χ2n) is 5.83. The molecule has 1 aliphatic heterocycles. The molecule has 0 aliphatic carbocycles. The van der Waals surface area contributed by atoms with Crippen LogP contribution in [-0.2, 0) is 9.59 Å². The van der Waals surface area contributed by atoms with Gasteiger partial charge in [0.25, 0.3) is 0 Å². The predicted octanol–water partition coefficient (Wildman–Crippen LogP) is 3.25. The summed E-state index contributed by atoms with van der Waals surface area (Å²) < 4.78 is 5.10. The summed E-state index contributed by atoms with van der Waals surface area (Å²) in [6, 6.07) is 14.7. The molecule has 2 aromatic carbocycles. The fourth-order valence-electron chi connectivity index (χ4n) is 2.38. The molecule has 1 heterocycles. The number of carbonyl (C=O) groups is 2. The average molecular weight is 369 g/mol. The van der Waals surface area contributed by atoms with Crippen LogP contribution in [0.25, 0.3) is 0 Å². The molecule has 1 saturated heterocycles. The van der Waals surface area contributed by atoms with Gasteiger partial charge in [0.15, 0.2) is 5.17 Å². The van der Waals surface area contributed by atoms with Crippen LogP contribution in [0.3, 0.4) is 0 Å². The van der Waals surface area contributed by atoms with Gasteiger partial charge >= 0.3 is 0 Å². The molecule has 7 heteroatoms.